The Hall–Kier alpha value is -1.34. The van der Waals surface area contributed by atoms with Crippen LogP contribution in [0.25, 0.3) is 11.1 Å². The summed E-state index contributed by atoms with van der Waals surface area (Å²) in [7, 11) is 2.69. The quantitative estimate of drug-likeness (QED) is 0.274. The number of carbonyl (C=O) groups is 1. The fourth-order valence-electron chi connectivity index (χ4n) is 20.5. The van der Waals surface area contributed by atoms with Gasteiger partial charge in [-0.15, -0.1) is 0 Å². The molecule has 2 aromatic rings. The molecule has 0 bridgehead atoms. The molecule has 1 spiro atoms. The molecule has 3 nitrogen and oxygen atoms in total. The standard InChI is InChI=1S/C22H22O3P.C5H5.Fe/c1-15(25-16(2)23)17-11-8-14-21(17)26-22-13-7-5-10-19(22)18-9-4-6-12-20(18)24-3;1-2-4-5-3-1;/h4-15,26H,1-3H3;1-5H;. The van der Waals surface area contributed by atoms with E-state index in [9.17, 15) is 4.79 Å². The van der Waals surface area contributed by atoms with Crippen LogP contribution in [0.4, 0.5) is 0 Å². The summed E-state index contributed by atoms with van der Waals surface area (Å²) in [6, 6.07) is 17.7. The number of hydrogen-bond acceptors (Lipinski definition) is 3. The van der Waals surface area contributed by atoms with Gasteiger partial charge in [-0.25, -0.2) is 0 Å². The SMILES string of the molecule is COc1ccccc1-c1ccccc1P[C]12[CH]3[CH]4[CH]5[C]1(C(C)OC(C)=O)[Fe]43521678[CH]2[CH]1[CH]6[CH]7[CH]28. The Morgan fingerprint density at radius 2 is 1.56 bits per heavy atom. The van der Waals surface area contributed by atoms with Gasteiger partial charge in [0.1, 0.15) is 0 Å². The Bertz CT molecular complexity index is 1760. The summed E-state index contributed by atoms with van der Waals surface area (Å²) in [6.45, 7) is 0.298. The van der Waals surface area contributed by atoms with Gasteiger partial charge in [0.15, 0.2) is 0 Å². The van der Waals surface area contributed by atoms with E-state index in [1.165, 1.54) is 40.0 Å². The monoisotopic (exact) mass is 486 g/mol. The summed E-state index contributed by atoms with van der Waals surface area (Å²) in [6.07, 6.45) is 0.176. The molecule has 12 rings (SSSR count). The van der Waals surface area contributed by atoms with E-state index >= 15 is 0 Å². The van der Waals surface area contributed by atoms with Gasteiger partial charge in [0.2, 0.25) is 0 Å². The number of methoxy groups -OCH3 is 1. The number of benzene rings is 2. The van der Waals surface area contributed by atoms with E-state index in [2.05, 4.69) is 55.5 Å². The van der Waals surface area contributed by atoms with Gasteiger partial charge in [-0.3, -0.25) is 0 Å². The third-order valence-electron chi connectivity index (χ3n) is 18.6. The molecule has 10 aliphatic rings. The second-order valence-electron chi connectivity index (χ2n) is 14.4. The van der Waals surface area contributed by atoms with E-state index in [1.54, 1.807) is 19.3 Å². The number of carbonyl (C=O) groups excluding carboxylic acids is 1. The van der Waals surface area contributed by atoms with Gasteiger partial charge in [0.05, 0.1) is 0 Å². The maximum atomic E-state index is 12.1. The molecule has 32 heavy (non-hydrogen) atoms. The van der Waals surface area contributed by atoms with Crippen molar-refractivity contribution < 1.29 is 20.8 Å². The first-order valence-electron chi connectivity index (χ1n) is 12.2. The van der Waals surface area contributed by atoms with Crippen LogP contribution in [0.2, 0.25) is 42.8 Å². The van der Waals surface area contributed by atoms with Crippen molar-refractivity contribution in [3.63, 3.8) is 0 Å². The molecule has 7 atom stereocenters. The molecule has 0 aromatic heterocycles. The van der Waals surface area contributed by atoms with Crippen molar-refractivity contribution in [3.05, 3.63) is 48.5 Å². The molecule has 2 aromatic carbocycles. The van der Waals surface area contributed by atoms with E-state index in [-0.39, 0.29) is 12.1 Å². The maximum absolute atomic E-state index is 12.1. The molecule has 0 saturated carbocycles. The summed E-state index contributed by atoms with van der Waals surface area (Å²) < 4.78 is 13.1. The number of fused-ring (bicyclic) bond motifs is 10. The summed E-state index contributed by atoms with van der Waals surface area (Å²) in [5.41, 5.74) is 2.60. The number of rotatable bonds is 6. The van der Waals surface area contributed by atoms with Crippen LogP contribution in [0.3, 0.4) is 0 Å². The summed E-state index contributed by atoms with van der Waals surface area (Å²) >= 11 is 0. The number of ether oxygens (including phenoxy) is 2. The van der Waals surface area contributed by atoms with Crippen LogP contribution in [-0.2, 0) is 16.0 Å². The number of hydrogen-bond donors (Lipinski definition) is 0. The Balaban J connectivity index is 1.12. The molecular weight excluding hydrogens is 459 g/mol. The first kappa shape index (κ1) is 15.5. The molecule has 0 amide bonds. The van der Waals surface area contributed by atoms with Gasteiger partial charge in [-0.05, 0) is 0 Å². The predicted octanol–water partition coefficient (Wildman–Crippen LogP) is 6.28. The summed E-state index contributed by atoms with van der Waals surface area (Å²) in [5, 5.41) is 1.56. The summed E-state index contributed by atoms with van der Waals surface area (Å²) in [5.74, 6) is 0.916. The zero-order chi connectivity index (χ0) is 21.2. The number of para-hydroxylation sites is 1. The zero-order valence-electron chi connectivity index (χ0n) is 18.4. The van der Waals surface area contributed by atoms with Gasteiger partial charge in [-0.2, -0.15) is 0 Å². The average Bonchev–Trinajstić information content (AvgIpc) is 3.73. The third kappa shape index (κ3) is 0.304. The molecule has 10 aliphatic heterocycles. The molecule has 10 saturated heterocycles. The molecule has 5 heteroatoms. The van der Waals surface area contributed by atoms with Crippen molar-refractivity contribution in [2.24, 2.45) is 0 Å². The van der Waals surface area contributed by atoms with Crippen LogP contribution < -0.4 is 10.0 Å². The van der Waals surface area contributed by atoms with E-state index in [4.69, 9.17) is 9.47 Å². The molecule has 10 fully saturated rings. The van der Waals surface area contributed by atoms with Crippen molar-refractivity contribution in [2.75, 3.05) is 7.11 Å². The average molecular weight is 486 g/mol. The molecule has 7 unspecified atom stereocenters. The third-order valence-corrected chi connectivity index (χ3v) is 67.9. The van der Waals surface area contributed by atoms with Gasteiger partial charge in [0, 0.05) is 0 Å². The normalized spacial score (nSPS) is 72.1. The Labute approximate surface area is 179 Å². The molecule has 0 N–H and O–H groups in total. The van der Waals surface area contributed by atoms with Crippen LogP contribution in [0.1, 0.15) is 13.8 Å². The molecule has 0 radical (unpaired) electrons. The summed E-state index contributed by atoms with van der Waals surface area (Å²) in [4.78, 5) is 21.6. The Kier molecular flexibility index (Phi) is 1.00. The minimum absolute atomic E-state index is 0.0543. The first-order valence-corrected chi connectivity index (χ1v) is 19.4. The minimum atomic E-state index is -3.65. The van der Waals surface area contributed by atoms with Crippen molar-refractivity contribution in [1.29, 1.82) is 0 Å². The first-order chi connectivity index (χ1) is 15.3. The zero-order valence-corrected chi connectivity index (χ0v) is 20.5. The number of esters is 1. The van der Waals surface area contributed by atoms with Crippen LogP contribution in [0.15, 0.2) is 48.5 Å². The molecule has 10 heterocycles. The van der Waals surface area contributed by atoms with Crippen LogP contribution in [-0.4, -0.2) is 23.2 Å². The van der Waals surface area contributed by atoms with Gasteiger partial charge in [-0.1, -0.05) is 0 Å². The van der Waals surface area contributed by atoms with E-state index < -0.39 is 6.51 Å². The van der Waals surface area contributed by atoms with Crippen molar-refractivity contribution in [3.8, 4) is 16.9 Å². The van der Waals surface area contributed by atoms with Crippen molar-refractivity contribution >= 4 is 19.9 Å². The molecule has 166 valence electrons. The fraction of sp³-hybridized carbons (Fsp3) is 0.519. The van der Waals surface area contributed by atoms with Crippen LogP contribution >= 0.6 is 8.58 Å². The van der Waals surface area contributed by atoms with Crippen LogP contribution in [0, 0.1) is 0 Å². The van der Waals surface area contributed by atoms with Gasteiger partial charge < -0.3 is 0 Å². The predicted molar refractivity (Wildman–Crippen MR) is 123 cm³/mol. The van der Waals surface area contributed by atoms with Crippen LogP contribution in [0.5, 0.6) is 5.75 Å². The van der Waals surface area contributed by atoms with E-state index in [0.29, 0.717) is 8.37 Å². The van der Waals surface area contributed by atoms with Crippen molar-refractivity contribution in [2.45, 2.75) is 66.8 Å². The van der Waals surface area contributed by atoms with E-state index in [0.717, 1.165) is 24.0 Å². The molecular formula is C27H27FeO3P. The topological polar surface area (TPSA) is 35.5 Å². The second kappa shape index (κ2) is 2.06. The van der Waals surface area contributed by atoms with Gasteiger partial charge >= 0.3 is 180 Å². The van der Waals surface area contributed by atoms with Gasteiger partial charge in [0.25, 0.3) is 0 Å². The Morgan fingerprint density at radius 1 is 0.938 bits per heavy atom. The van der Waals surface area contributed by atoms with E-state index in [1.807, 2.05) is 0 Å². The fourth-order valence-corrected chi connectivity index (χ4v) is 109. The Morgan fingerprint density at radius 3 is 2.16 bits per heavy atom. The van der Waals surface area contributed by atoms with Crippen molar-refractivity contribution in [1.82, 2.24) is 0 Å². The molecule has 0 aliphatic carbocycles. The second-order valence-corrected chi connectivity index (χ2v) is 39.7.